The molecule has 0 aliphatic heterocycles. The van der Waals surface area contributed by atoms with Gasteiger partial charge in [0, 0.05) is 10.8 Å². The Labute approximate surface area is 405 Å². The second-order valence-corrected chi connectivity index (χ2v) is 34.0. The number of hydrogen-bond donors (Lipinski definition) is 0. The van der Waals surface area contributed by atoms with Gasteiger partial charge in [-0.25, -0.2) is 0 Å². The van der Waals surface area contributed by atoms with E-state index in [4.69, 9.17) is 18.3 Å². The summed E-state index contributed by atoms with van der Waals surface area (Å²) in [4.78, 5) is 2.17. The molecule has 0 amide bonds. The summed E-state index contributed by atoms with van der Waals surface area (Å²) in [5, 5.41) is 2.37. The Morgan fingerprint density at radius 3 is 0.922 bits per heavy atom. The van der Waals surface area contributed by atoms with E-state index in [1.54, 1.807) is 22.7 Å². The lowest BCUT2D eigenvalue weighted by Crippen LogP contribution is -2.47. The van der Waals surface area contributed by atoms with Crippen LogP contribution in [0.2, 0.25) is 33.2 Å². The summed E-state index contributed by atoms with van der Waals surface area (Å²) in [6, 6.07) is 4.67. The number of fused-ring (bicyclic) bond motifs is 3. The molecule has 4 nitrogen and oxygen atoms in total. The molecule has 0 fully saturated rings. The van der Waals surface area contributed by atoms with E-state index in [1.807, 2.05) is 0 Å². The van der Waals surface area contributed by atoms with Crippen molar-refractivity contribution in [2.45, 2.75) is 259 Å². The Balaban J connectivity index is 2.08. The van der Waals surface area contributed by atoms with Gasteiger partial charge in [0.2, 0.25) is 0 Å². The van der Waals surface area contributed by atoms with Gasteiger partial charge in [-0.2, -0.15) is 0 Å². The smallest absolute Gasteiger partial charge is 0.258 e. The third-order valence-corrected chi connectivity index (χ3v) is 28.8. The average molecular weight is 956 g/mol. The first-order valence-electron chi connectivity index (χ1n) is 26.6. The molecular weight excluding hydrogens is 857 g/mol. The first-order chi connectivity index (χ1) is 30.5. The standard InChI is InChI=1S/C56H98O4S2Si2/c1-17-19-21-23-25-27-29-31-33-35-37-57-53-54(58-38-36-34-32-30-28-26-24-22-20-18-2)56-50(40-52(62-56)48(16)60-64(44(9)10,45(11)12)46(13)14)49-39-51(61-55(49)53)47(15)59-63(41(3)4,42(5)6)43(7)8/h39-46H,15-38H2,1-14H3. The number of thiophene rings is 2. The van der Waals surface area contributed by atoms with Gasteiger partial charge in [-0.3, -0.25) is 0 Å². The van der Waals surface area contributed by atoms with Crippen LogP contribution in [0.15, 0.2) is 25.3 Å². The van der Waals surface area contributed by atoms with E-state index in [1.165, 1.54) is 126 Å². The Kier molecular flexibility index (Phi) is 25.2. The van der Waals surface area contributed by atoms with Crippen molar-refractivity contribution in [2.24, 2.45) is 0 Å². The number of rotatable bonds is 36. The number of unbranched alkanes of at least 4 members (excludes halogenated alkanes) is 18. The lowest BCUT2D eigenvalue weighted by Gasteiger charge is -2.42. The van der Waals surface area contributed by atoms with Crippen molar-refractivity contribution in [1.82, 2.24) is 0 Å². The Bertz CT molecular complexity index is 1630. The van der Waals surface area contributed by atoms with Crippen molar-refractivity contribution in [2.75, 3.05) is 13.2 Å². The molecule has 0 N–H and O–H groups in total. The van der Waals surface area contributed by atoms with Gasteiger partial charge in [0.1, 0.15) is 11.5 Å². The van der Waals surface area contributed by atoms with E-state index in [0.29, 0.717) is 46.5 Å². The zero-order valence-corrected chi connectivity index (χ0v) is 47.7. The molecule has 0 bridgehead atoms. The molecular formula is C56H98O4S2Si2. The van der Waals surface area contributed by atoms with Crippen LogP contribution in [0.1, 0.15) is 235 Å². The summed E-state index contributed by atoms with van der Waals surface area (Å²) in [5.74, 6) is 3.39. The van der Waals surface area contributed by atoms with Crippen LogP contribution < -0.4 is 9.47 Å². The molecule has 0 saturated carbocycles. The Morgan fingerprint density at radius 2 is 0.672 bits per heavy atom. The van der Waals surface area contributed by atoms with Crippen LogP contribution in [0, 0.1) is 0 Å². The SMILES string of the molecule is C=C(O[Si](C(C)C)(C(C)C)C(C)C)c1cc2c(s1)c(OCCCCCCCCCCCC)c(OCCCCCCCCCCCC)c1sc(C(=C)O[Si](C(C)C)(C(C)C)C(C)C)cc12. The number of ether oxygens (including phenoxy) is 2. The minimum atomic E-state index is -2.22. The molecule has 0 aliphatic rings. The lowest BCUT2D eigenvalue weighted by molar-refractivity contribution is 0.264. The van der Waals surface area contributed by atoms with E-state index >= 15 is 0 Å². The van der Waals surface area contributed by atoms with Crippen molar-refractivity contribution in [3.05, 3.63) is 35.0 Å². The van der Waals surface area contributed by atoms with E-state index in [-0.39, 0.29) is 0 Å². The summed E-state index contributed by atoms with van der Waals surface area (Å²) >= 11 is 3.54. The Morgan fingerprint density at radius 1 is 0.422 bits per heavy atom. The van der Waals surface area contributed by atoms with Crippen LogP contribution in [0.5, 0.6) is 11.5 Å². The summed E-state index contributed by atoms with van der Waals surface area (Å²) < 4.78 is 30.8. The van der Waals surface area contributed by atoms with Crippen LogP contribution >= 0.6 is 22.7 Å². The minimum absolute atomic E-state index is 0.458. The predicted octanol–water partition coefficient (Wildman–Crippen LogP) is 21.0. The molecule has 0 radical (unpaired) electrons. The van der Waals surface area contributed by atoms with Gasteiger partial charge < -0.3 is 18.3 Å². The molecule has 0 aliphatic carbocycles. The van der Waals surface area contributed by atoms with Crippen LogP contribution in [0.4, 0.5) is 0 Å². The second-order valence-electron chi connectivity index (χ2n) is 21.1. The van der Waals surface area contributed by atoms with Gasteiger partial charge in [0.05, 0.1) is 32.4 Å². The molecule has 1 aromatic carbocycles. The molecule has 0 saturated heterocycles. The predicted molar refractivity (Wildman–Crippen MR) is 294 cm³/mol. The number of benzene rings is 1. The quantitative estimate of drug-likeness (QED) is 0.0331. The van der Waals surface area contributed by atoms with Crippen LogP contribution in [0.3, 0.4) is 0 Å². The molecule has 2 aromatic heterocycles. The van der Waals surface area contributed by atoms with Crippen LogP contribution in [0.25, 0.3) is 31.7 Å². The molecule has 0 unspecified atom stereocenters. The lowest BCUT2D eigenvalue weighted by atomic mass is 10.1. The maximum absolute atomic E-state index is 7.26. The molecule has 366 valence electrons. The Hall–Kier alpha value is -1.75. The zero-order valence-electron chi connectivity index (χ0n) is 44.0. The highest BCUT2D eigenvalue weighted by Gasteiger charge is 2.48. The number of hydrogen-bond acceptors (Lipinski definition) is 6. The second kappa shape index (κ2) is 28.6. The summed E-state index contributed by atoms with van der Waals surface area (Å²) in [5.41, 5.74) is 2.75. The van der Waals surface area contributed by atoms with E-state index in [9.17, 15) is 0 Å². The van der Waals surface area contributed by atoms with Crippen molar-refractivity contribution in [1.29, 1.82) is 0 Å². The summed E-state index contributed by atoms with van der Waals surface area (Å²) in [6.07, 6.45) is 26.0. The highest BCUT2D eigenvalue weighted by Crippen LogP contribution is 2.54. The molecule has 0 atom stereocenters. The maximum atomic E-state index is 7.26. The van der Waals surface area contributed by atoms with Gasteiger partial charge >= 0.3 is 0 Å². The fraction of sp³-hybridized carbons (Fsp3) is 0.750. The van der Waals surface area contributed by atoms with Crippen molar-refractivity contribution in [3.63, 3.8) is 0 Å². The highest BCUT2D eigenvalue weighted by atomic mass is 32.1. The van der Waals surface area contributed by atoms with E-state index in [2.05, 4.69) is 122 Å². The highest BCUT2D eigenvalue weighted by molar-refractivity contribution is 7.22. The van der Waals surface area contributed by atoms with E-state index in [0.717, 1.165) is 55.0 Å². The topological polar surface area (TPSA) is 36.9 Å². The molecule has 3 aromatic rings. The third kappa shape index (κ3) is 15.1. The monoisotopic (exact) mass is 955 g/mol. The summed E-state index contributed by atoms with van der Waals surface area (Å²) in [7, 11) is -4.45. The normalized spacial score (nSPS) is 12.7. The van der Waals surface area contributed by atoms with Gasteiger partial charge in [0.25, 0.3) is 16.6 Å². The van der Waals surface area contributed by atoms with Gasteiger partial charge in [-0.15, -0.1) is 22.7 Å². The van der Waals surface area contributed by atoms with Crippen molar-refractivity contribution >= 4 is 71.0 Å². The molecule has 8 heteroatoms. The molecule has 0 spiro atoms. The third-order valence-electron chi connectivity index (χ3n) is 14.4. The van der Waals surface area contributed by atoms with Crippen LogP contribution in [-0.2, 0) is 8.85 Å². The summed E-state index contributed by atoms with van der Waals surface area (Å²) in [6.45, 7) is 43.5. The molecule has 2 heterocycles. The van der Waals surface area contributed by atoms with Crippen LogP contribution in [-0.4, -0.2) is 29.8 Å². The molecule has 64 heavy (non-hydrogen) atoms. The van der Waals surface area contributed by atoms with Crippen molar-refractivity contribution in [3.8, 4) is 11.5 Å². The first kappa shape index (κ1) is 56.6. The molecule has 3 rings (SSSR count). The largest absolute Gasteiger partial charge is 0.542 e. The van der Waals surface area contributed by atoms with Crippen molar-refractivity contribution < 1.29 is 18.3 Å². The zero-order chi connectivity index (χ0) is 47.5. The first-order valence-corrected chi connectivity index (χ1v) is 32.5. The van der Waals surface area contributed by atoms with Gasteiger partial charge in [-0.1, -0.05) is 226 Å². The van der Waals surface area contributed by atoms with E-state index < -0.39 is 16.6 Å². The van der Waals surface area contributed by atoms with Gasteiger partial charge in [0.15, 0.2) is 11.5 Å². The maximum Gasteiger partial charge on any atom is 0.258 e. The average Bonchev–Trinajstić information content (AvgIpc) is 3.89. The van der Waals surface area contributed by atoms with Gasteiger partial charge in [-0.05, 0) is 58.2 Å². The fourth-order valence-corrected chi connectivity index (χ4v) is 23.8. The minimum Gasteiger partial charge on any atom is -0.542 e. The fourth-order valence-electron chi connectivity index (χ4n) is 11.0.